The normalized spacial score (nSPS) is 19.9. The van der Waals surface area contributed by atoms with E-state index in [1.165, 1.54) is 6.07 Å². The first kappa shape index (κ1) is 21.5. The summed E-state index contributed by atoms with van der Waals surface area (Å²) in [4.78, 5) is 38.2. The second-order valence-electron chi connectivity index (χ2n) is 7.73. The van der Waals surface area contributed by atoms with Crippen molar-refractivity contribution in [1.82, 2.24) is 9.88 Å². The number of rotatable bonds is 5. The Bertz CT molecular complexity index is 1090. The number of nitrogens with one attached hydrogen (secondary N) is 2. The van der Waals surface area contributed by atoms with Crippen molar-refractivity contribution in [2.45, 2.75) is 50.8 Å². The number of ketones is 1. The van der Waals surface area contributed by atoms with Crippen molar-refractivity contribution in [3.63, 3.8) is 0 Å². The lowest BCUT2D eigenvalue weighted by Gasteiger charge is -2.16. The molecule has 1 fully saturated rings. The van der Waals surface area contributed by atoms with Crippen molar-refractivity contribution in [1.29, 1.82) is 0 Å². The Morgan fingerprint density at radius 3 is 2.58 bits per heavy atom. The topological polar surface area (TPSA) is 100 Å². The molecule has 1 aliphatic heterocycles. The monoisotopic (exact) mass is 451 g/mol. The first-order chi connectivity index (χ1) is 14.8. The summed E-state index contributed by atoms with van der Waals surface area (Å²) >= 11 is 6.38. The van der Waals surface area contributed by atoms with E-state index >= 15 is 0 Å². The molecule has 3 N–H and O–H groups in total. The van der Waals surface area contributed by atoms with Gasteiger partial charge in [-0.1, -0.05) is 11.6 Å². The molecule has 1 aliphatic carbocycles. The van der Waals surface area contributed by atoms with Crippen LogP contribution in [0.3, 0.4) is 0 Å². The van der Waals surface area contributed by atoms with E-state index in [2.05, 4.69) is 10.6 Å². The zero-order valence-electron chi connectivity index (χ0n) is 16.4. The van der Waals surface area contributed by atoms with Gasteiger partial charge in [0.05, 0.1) is 22.7 Å². The minimum absolute atomic E-state index is 0.0266. The van der Waals surface area contributed by atoms with Crippen LogP contribution in [0.25, 0.3) is 0 Å². The van der Waals surface area contributed by atoms with Gasteiger partial charge in [-0.25, -0.2) is 8.78 Å². The predicted molar refractivity (Wildman–Crippen MR) is 108 cm³/mol. The molecule has 31 heavy (non-hydrogen) atoms. The molecule has 1 aromatic carbocycles. The van der Waals surface area contributed by atoms with Crippen LogP contribution in [0.4, 0.5) is 14.5 Å². The van der Waals surface area contributed by atoms with Gasteiger partial charge in [-0.2, -0.15) is 0 Å². The van der Waals surface area contributed by atoms with E-state index in [1.54, 1.807) is 4.57 Å². The number of Topliss-reactive ketones (excluding diaryl/α,β-unsaturated/α-hetero) is 1. The first-order valence-corrected chi connectivity index (χ1v) is 10.4. The molecule has 0 saturated heterocycles. The van der Waals surface area contributed by atoms with Crippen molar-refractivity contribution in [3.05, 3.63) is 51.8 Å². The van der Waals surface area contributed by atoms with Crippen LogP contribution in [0.2, 0.25) is 5.02 Å². The molecule has 0 radical (unpaired) electrons. The minimum Gasteiger partial charge on any atom is -0.391 e. The molecule has 0 unspecified atom stereocenters. The van der Waals surface area contributed by atoms with Crippen LogP contribution in [-0.2, 0) is 17.8 Å². The maximum Gasteiger partial charge on any atom is 0.294 e. The standard InChI is InChI=1S/C21H20ClF2N3O4/c22-17-16(20(30)25-10-6-7-11(23)12(24)9-10)14-4-2-8-27(14)18(17)19(29)21(31)26-13-3-1-5-15(13)28/h6-7,9,13,15,28H,1-5,8H2,(H,25,30)(H,26,31)/t13-,15+/m0/s1. The number of aliphatic hydroxyl groups is 1. The molecule has 7 nitrogen and oxygen atoms in total. The summed E-state index contributed by atoms with van der Waals surface area (Å²) in [5.74, 6) is -4.64. The van der Waals surface area contributed by atoms with Gasteiger partial charge >= 0.3 is 0 Å². The summed E-state index contributed by atoms with van der Waals surface area (Å²) in [5, 5.41) is 14.7. The zero-order valence-corrected chi connectivity index (χ0v) is 17.1. The van der Waals surface area contributed by atoms with Gasteiger partial charge in [-0.15, -0.1) is 0 Å². The maximum atomic E-state index is 13.5. The van der Waals surface area contributed by atoms with Gasteiger partial charge in [0.25, 0.3) is 17.6 Å². The minimum atomic E-state index is -1.12. The van der Waals surface area contributed by atoms with Crippen LogP contribution < -0.4 is 10.6 Å². The number of nitrogens with zero attached hydrogens (tertiary/aromatic N) is 1. The smallest absolute Gasteiger partial charge is 0.294 e. The lowest BCUT2D eigenvalue weighted by Crippen LogP contribution is -2.43. The van der Waals surface area contributed by atoms with Gasteiger partial charge in [0.15, 0.2) is 11.6 Å². The summed E-state index contributed by atoms with van der Waals surface area (Å²) in [6.07, 6.45) is 2.28. The Balaban J connectivity index is 1.61. The second kappa shape index (κ2) is 8.39. The second-order valence-corrected chi connectivity index (χ2v) is 8.11. The highest BCUT2D eigenvalue weighted by Gasteiger charge is 2.36. The van der Waals surface area contributed by atoms with Crippen LogP contribution >= 0.6 is 11.6 Å². The molecular weight excluding hydrogens is 432 g/mol. The molecule has 10 heteroatoms. The fraction of sp³-hybridized carbons (Fsp3) is 0.381. The van der Waals surface area contributed by atoms with Crippen molar-refractivity contribution < 1.29 is 28.3 Å². The molecule has 0 bridgehead atoms. The summed E-state index contributed by atoms with van der Waals surface area (Å²) in [6, 6.07) is 2.42. The Morgan fingerprint density at radius 2 is 1.90 bits per heavy atom. The summed E-state index contributed by atoms with van der Waals surface area (Å²) in [6.45, 7) is 0.411. The van der Waals surface area contributed by atoms with E-state index in [9.17, 15) is 28.3 Å². The molecule has 2 atom stereocenters. The third kappa shape index (κ3) is 3.95. The molecule has 2 heterocycles. The number of amides is 2. The average molecular weight is 452 g/mol. The Kier molecular flexibility index (Phi) is 5.81. The SMILES string of the molecule is O=C(N[C@H]1CCC[C@H]1O)C(=O)c1c(Cl)c(C(=O)Nc2ccc(F)c(F)c2)c2n1CCC2. The fourth-order valence-electron chi connectivity index (χ4n) is 4.22. The molecule has 1 aromatic heterocycles. The lowest BCUT2D eigenvalue weighted by atomic mass is 10.1. The Labute approximate surface area is 181 Å². The molecule has 2 aromatic rings. The quantitative estimate of drug-likeness (QED) is 0.480. The van der Waals surface area contributed by atoms with E-state index in [0.29, 0.717) is 37.9 Å². The highest BCUT2D eigenvalue weighted by molar-refractivity contribution is 6.48. The molecule has 2 amide bonds. The number of aromatic nitrogens is 1. The van der Waals surface area contributed by atoms with Crippen LogP contribution in [0.15, 0.2) is 18.2 Å². The van der Waals surface area contributed by atoms with Gasteiger partial charge in [-0.3, -0.25) is 14.4 Å². The van der Waals surface area contributed by atoms with E-state index in [-0.39, 0.29) is 22.0 Å². The molecule has 0 spiro atoms. The fourth-order valence-corrected chi connectivity index (χ4v) is 4.60. The number of carbonyl (C=O) groups is 3. The average Bonchev–Trinajstić information content (AvgIpc) is 3.40. The highest BCUT2D eigenvalue weighted by Crippen LogP contribution is 2.34. The van der Waals surface area contributed by atoms with Crippen LogP contribution in [0.1, 0.15) is 52.2 Å². The third-order valence-corrected chi connectivity index (χ3v) is 6.10. The third-order valence-electron chi connectivity index (χ3n) is 5.73. The van der Waals surface area contributed by atoms with E-state index in [4.69, 9.17) is 11.6 Å². The van der Waals surface area contributed by atoms with Gasteiger partial charge in [-0.05, 0) is 44.2 Å². The number of fused-ring (bicyclic) bond motifs is 1. The number of aliphatic hydroxyl groups excluding tert-OH is 1. The summed E-state index contributed by atoms with van der Waals surface area (Å²) < 4.78 is 28.1. The van der Waals surface area contributed by atoms with Crippen molar-refractivity contribution >= 4 is 34.9 Å². The van der Waals surface area contributed by atoms with Crippen LogP contribution in [0.5, 0.6) is 0 Å². The van der Waals surface area contributed by atoms with Gasteiger partial charge in [0, 0.05) is 24.0 Å². The first-order valence-electron chi connectivity index (χ1n) is 9.98. The van der Waals surface area contributed by atoms with Gasteiger partial charge in [0.2, 0.25) is 0 Å². The summed E-state index contributed by atoms with van der Waals surface area (Å²) in [7, 11) is 0. The van der Waals surface area contributed by atoms with Crippen molar-refractivity contribution in [2.24, 2.45) is 0 Å². The molecule has 2 aliphatic rings. The number of anilines is 1. The van der Waals surface area contributed by atoms with Crippen LogP contribution in [-0.4, -0.2) is 39.4 Å². The molecule has 1 saturated carbocycles. The number of halogens is 3. The van der Waals surface area contributed by atoms with Crippen molar-refractivity contribution in [3.8, 4) is 0 Å². The molecule has 4 rings (SSSR count). The lowest BCUT2D eigenvalue weighted by molar-refractivity contribution is -0.118. The largest absolute Gasteiger partial charge is 0.391 e. The Morgan fingerprint density at radius 1 is 1.13 bits per heavy atom. The number of hydrogen-bond acceptors (Lipinski definition) is 4. The number of carbonyl (C=O) groups excluding carboxylic acids is 3. The highest BCUT2D eigenvalue weighted by atomic mass is 35.5. The Hall–Kier alpha value is -2.78. The predicted octanol–water partition coefficient (Wildman–Crippen LogP) is 2.83. The molecular formula is C21H20ClF2N3O4. The van der Waals surface area contributed by atoms with Crippen LogP contribution in [0, 0.1) is 11.6 Å². The van der Waals surface area contributed by atoms with E-state index < -0.39 is 41.4 Å². The number of benzene rings is 1. The van der Waals surface area contributed by atoms with Crippen molar-refractivity contribution in [2.75, 3.05) is 5.32 Å². The van der Waals surface area contributed by atoms with E-state index in [1.807, 2.05) is 0 Å². The van der Waals surface area contributed by atoms with Gasteiger partial charge in [0.1, 0.15) is 5.69 Å². The maximum absolute atomic E-state index is 13.5. The summed E-state index contributed by atoms with van der Waals surface area (Å²) in [5.41, 5.74) is 0.469. The van der Waals surface area contributed by atoms with E-state index in [0.717, 1.165) is 18.6 Å². The number of hydrogen-bond donors (Lipinski definition) is 3. The molecule has 164 valence electrons. The zero-order chi connectivity index (χ0) is 22.3. The van der Waals surface area contributed by atoms with Gasteiger partial charge < -0.3 is 20.3 Å².